The predicted molar refractivity (Wildman–Crippen MR) is 161 cm³/mol. The van der Waals surface area contributed by atoms with E-state index in [0.717, 1.165) is 16.9 Å². The molecule has 2 N–H and O–H groups in total. The molecule has 0 aliphatic rings. The van der Waals surface area contributed by atoms with Crippen LogP contribution in [0.2, 0.25) is 0 Å². The van der Waals surface area contributed by atoms with Gasteiger partial charge in [0, 0.05) is 6.42 Å². The lowest BCUT2D eigenvalue weighted by molar-refractivity contribution is -0.121. The first kappa shape index (κ1) is 30.3. The highest BCUT2D eigenvalue weighted by molar-refractivity contribution is 7.89. The summed E-state index contributed by atoms with van der Waals surface area (Å²) in [4.78, 5) is 12.9. The summed E-state index contributed by atoms with van der Waals surface area (Å²) < 4.78 is 45.3. The van der Waals surface area contributed by atoms with Gasteiger partial charge in [0.1, 0.15) is 12.4 Å². The molecule has 0 spiro atoms. The second-order valence-corrected chi connectivity index (χ2v) is 11.2. The number of hydrogen-bond donors (Lipinski definition) is 2. The molecule has 42 heavy (non-hydrogen) atoms. The van der Waals surface area contributed by atoms with Gasteiger partial charge in [-0.15, -0.1) is 0 Å². The van der Waals surface area contributed by atoms with E-state index in [0.29, 0.717) is 29.2 Å². The molecule has 0 aliphatic carbocycles. The van der Waals surface area contributed by atoms with Gasteiger partial charge in [0.15, 0.2) is 11.5 Å². The Morgan fingerprint density at radius 2 is 1.60 bits per heavy atom. The van der Waals surface area contributed by atoms with E-state index in [2.05, 4.69) is 15.2 Å². The number of nitrogens with one attached hydrogen (secondary N) is 2. The van der Waals surface area contributed by atoms with Crippen LogP contribution in [-0.4, -0.2) is 34.8 Å². The molecule has 0 bridgehead atoms. The minimum absolute atomic E-state index is 0.123. The molecule has 0 heterocycles. The van der Waals surface area contributed by atoms with E-state index in [1.807, 2.05) is 37.3 Å². The van der Waals surface area contributed by atoms with Gasteiger partial charge >= 0.3 is 0 Å². The van der Waals surface area contributed by atoms with Crippen molar-refractivity contribution in [3.05, 3.63) is 119 Å². The SMILES string of the molecule is COc1ccc(COc2ccc(/C=N\NC(=O)C[C@H](NS(=O)(=O)c3ccc(C)cc3)c3ccccc3)cc2OC)cc1. The van der Waals surface area contributed by atoms with Crippen molar-refractivity contribution in [3.63, 3.8) is 0 Å². The monoisotopic (exact) mass is 587 g/mol. The molecule has 0 radical (unpaired) electrons. The van der Waals surface area contributed by atoms with Crippen LogP contribution in [0, 0.1) is 6.92 Å². The number of aryl methyl sites for hydroxylation is 1. The van der Waals surface area contributed by atoms with E-state index in [9.17, 15) is 13.2 Å². The number of sulfonamides is 1. The number of ether oxygens (including phenoxy) is 3. The topological polar surface area (TPSA) is 115 Å². The van der Waals surface area contributed by atoms with Crippen molar-refractivity contribution >= 4 is 22.1 Å². The normalized spacial score (nSPS) is 12.1. The number of amides is 1. The second kappa shape index (κ2) is 14.3. The molecule has 4 aromatic rings. The largest absolute Gasteiger partial charge is 0.497 e. The number of carbonyl (C=O) groups excluding carboxylic acids is 1. The molecule has 0 saturated heterocycles. The Hall–Kier alpha value is -4.67. The number of rotatable bonds is 13. The molecular formula is C32H33N3O6S. The molecule has 0 aromatic heterocycles. The summed E-state index contributed by atoms with van der Waals surface area (Å²) in [5, 5.41) is 4.06. The third-order valence-corrected chi connectivity index (χ3v) is 7.85. The first-order valence-electron chi connectivity index (χ1n) is 13.2. The van der Waals surface area contributed by atoms with Gasteiger partial charge in [-0.1, -0.05) is 60.2 Å². The maximum atomic E-state index is 13.0. The van der Waals surface area contributed by atoms with Crippen molar-refractivity contribution in [1.29, 1.82) is 0 Å². The van der Waals surface area contributed by atoms with Crippen LogP contribution in [0.4, 0.5) is 0 Å². The average molecular weight is 588 g/mol. The fourth-order valence-electron chi connectivity index (χ4n) is 4.06. The smallest absolute Gasteiger partial charge is 0.242 e. The zero-order valence-electron chi connectivity index (χ0n) is 23.6. The van der Waals surface area contributed by atoms with Crippen LogP contribution in [0.3, 0.4) is 0 Å². The van der Waals surface area contributed by atoms with E-state index in [-0.39, 0.29) is 11.3 Å². The van der Waals surface area contributed by atoms with Gasteiger partial charge in [-0.05, 0) is 66.1 Å². The first-order valence-corrected chi connectivity index (χ1v) is 14.7. The first-order chi connectivity index (χ1) is 20.3. The highest BCUT2D eigenvalue weighted by atomic mass is 32.2. The molecule has 0 unspecified atom stereocenters. The van der Waals surface area contributed by atoms with Crippen molar-refractivity contribution < 1.29 is 27.4 Å². The second-order valence-electron chi connectivity index (χ2n) is 9.44. The van der Waals surface area contributed by atoms with Crippen LogP contribution in [0.5, 0.6) is 17.2 Å². The van der Waals surface area contributed by atoms with Gasteiger partial charge in [0.2, 0.25) is 15.9 Å². The maximum Gasteiger partial charge on any atom is 0.242 e. The van der Waals surface area contributed by atoms with Crippen LogP contribution in [0.15, 0.2) is 107 Å². The Morgan fingerprint density at radius 1 is 0.881 bits per heavy atom. The molecule has 0 saturated carbocycles. The molecule has 0 aliphatic heterocycles. The molecule has 9 nitrogen and oxygen atoms in total. The number of hydrazone groups is 1. The number of hydrogen-bond acceptors (Lipinski definition) is 7. The van der Waals surface area contributed by atoms with Crippen molar-refractivity contribution in [2.45, 2.75) is 30.9 Å². The Balaban J connectivity index is 1.39. The summed E-state index contributed by atoms with van der Waals surface area (Å²) in [6.45, 7) is 2.23. The molecule has 4 aromatic carbocycles. The van der Waals surface area contributed by atoms with Crippen LogP contribution >= 0.6 is 0 Å². The Morgan fingerprint density at radius 3 is 2.26 bits per heavy atom. The molecule has 218 valence electrons. The van der Waals surface area contributed by atoms with E-state index in [1.54, 1.807) is 68.8 Å². The third-order valence-electron chi connectivity index (χ3n) is 6.36. The van der Waals surface area contributed by atoms with Crippen LogP contribution in [-0.2, 0) is 21.4 Å². The zero-order valence-corrected chi connectivity index (χ0v) is 24.4. The molecular weight excluding hydrogens is 554 g/mol. The number of methoxy groups -OCH3 is 2. The van der Waals surface area contributed by atoms with Gasteiger partial charge in [-0.25, -0.2) is 18.6 Å². The van der Waals surface area contributed by atoms with Crippen LogP contribution in [0.25, 0.3) is 0 Å². The summed E-state index contributed by atoms with van der Waals surface area (Å²) in [6, 6.07) is 27.5. The van der Waals surface area contributed by atoms with E-state index < -0.39 is 22.0 Å². The molecule has 1 atom stereocenters. The zero-order chi connectivity index (χ0) is 30.0. The third kappa shape index (κ3) is 8.42. The quantitative estimate of drug-likeness (QED) is 0.165. The number of benzene rings is 4. The highest BCUT2D eigenvalue weighted by Crippen LogP contribution is 2.28. The summed E-state index contributed by atoms with van der Waals surface area (Å²) >= 11 is 0. The fourth-order valence-corrected chi connectivity index (χ4v) is 5.29. The minimum atomic E-state index is -3.87. The predicted octanol–water partition coefficient (Wildman–Crippen LogP) is 5.15. The van der Waals surface area contributed by atoms with Gasteiger partial charge in [0.25, 0.3) is 0 Å². The van der Waals surface area contributed by atoms with E-state index >= 15 is 0 Å². The Labute approximate surface area is 246 Å². The van der Waals surface area contributed by atoms with Crippen molar-refractivity contribution in [3.8, 4) is 17.2 Å². The summed E-state index contributed by atoms with van der Waals surface area (Å²) in [6.07, 6.45) is 1.32. The molecule has 4 rings (SSSR count). The van der Waals surface area contributed by atoms with Crippen molar-refractivity contribution in [2.24, 2.45) is 5.10 Å². The molecule has 0 fully saturated rings. The number of carbonyl (C=O) groups is 1. The molecule has 10 heteroatoms. The summed E-state index contributed by atoms with van der Waals surface area (Å²) in [5.74, 6) is 1.37. The van der Waals surface area contributed by atoms with Gasteiger partial charge in [-0.2, -0.15) is 5.10 Å². The Kier molecular flexibility index (Phi) is 10.3. The van der Waals surface area contributed by atoms with E-state index in [4.69, 9.17) is 14.2 Å². The van der Waals surface area contributed by atoms with Crippen molar-refractivity contribution in [1.82, 2.24) is 10.1 Å². The van der Waals surface area contributed by atoms with Crippen molar-refractivity contribution in [2.75, 3.05) is 14.2 Å². The van der Waals surface area contributed by atoms with Crippen LogP contribution in [0.1, 0.15) is 34.7 Å². The number of nitrogens with zero attached hydrogens (tertiary/aromatic N) is 1. The van der Waals surface area contributed by atoms with Gasteiger partial charge in [0.05, 0.1) is 31.4 Å². The minimum Gasteiger partial charge on any atom is -0.497 e. The summed E-state index contributed by atoms with van der Waals surface area (Å²) in [5.41, 5.74) is 5.73. The Bertz CT molecular complexity index is 1610. The van der Waals surface area contributed by atoms with Gasteiger partial charge in [-0.3, -0.25) is 4.79 Å². The van der Waals surface area contributed by atoms with Gasteiger partial charge < -0.3 is 14.2 Å². The molecule has 1 amide bonds. The fraction of sp³-hybridized carbons (Fsp3) is 0.188. The maximum absolute atomic E-state index is 13.0. The van der Waals surface area contributed by atoms with E-state index in [1.165, 1.54) is 18.3 Å². The van der Waals surface area contributed by atoms with Crippen LogP contribution < -0.4 is 24.4 Å². The average Bonchev–Trinajstić information content (AvgIpc) is 3.00. The highest BCUT2D eigenvalue weighted by Gasteiger charge is 2.23. The lowest BCUT2D eigenvalue weighted by atomic mass is 10.0. The lowest BCUT2D eigenvalue weighted by Crippen LogP contribution is -2.32. The standard InChI is InChI=1S/C32H33N3O6S/c1-23-9-16-28(17-10-23)42(37,38)35-29(26-7-5-4-6-8-26)20-32(36)34-33-21-25-13-18-30(31(19-25)40-3)41-22-24-11-14-27(39-2)15-12-24/h4-19,21,29,35H,20,22H2,1-3H3,(H,34,36)/b33-21-/t29-/m0/s1. The lowest BCUT2D eigenvalue weighted by Gasteiger charge is -2.18. The summed E-state index contributed by atoms with van der Waals surface area (Å²) in [7, 11) is -0.713.